The molecule has 19 heavy (non-hydrogen) atoms. The lowest BCUT2D eigenvalue weighted by atomic mass is 9.90. The molecular formula is C14H26N2O3. The molecular weight excluding hydrogens is 244 g/mol. The molecule has 0 aromatic rings. The fourth-order valence-electron chi connectivity index (χ4n) is 2.14. The number of nitrogens with one attached hydrogen (secondary N) is 1. The molecule has 0 unspecified atom stereocenters. The third-order valence-corrected chi connectivity index (χ3v) is 4.04. The number of aliphatic carboxylic acids is 1. The molecule has 0 aliphatic carbocycles. The second-order valence-corrected chi connectivity index (χ2v) is 6.20. The van der Waals surface area contributed by atoms with Gasteiger partial charge in [0.2, 0.25) is 0 Å². The number of rotatable bonds is 5. The predicted molar refractivity (Wildman–Crippen MR) is 74.0 cm³/mol. The molecule has 0 spiro atoms. The highest BCUT2D eigenvalue weighted by Crippen LogP contribution is 2.21. The summed E-state index contributed by atoms with van der Waals surface area (Å²) in [5, 5.41) is 11.7. The van der Waals surface area contributed by atoms with Crippen LogP contribution in [0.2, 0.25) is 0 Å². The quantitative estimate of drug-likeness (QED) is 0.805. The van der Waals surface area contributed by atoms with Crippen LogP contribution in [-0.2, 0) is 4.79 Å². The van der Waals surface area contributed by atoms with E-state index in [4.69, 9.17) is 5.11 Å². The van der Waals surface area contributed by atoms with E-state index >= 15 is 0 Å². The van der Waals surface area contributed by atoms with Crippen LogP contribution in [0, 0.1) is 11.3 Å². The molecule has 5 nitrogen and oxygen atoms in total. The molecule has 0 bridgehead atoms. The Hall–Kier alpha value is -1.26. The Morgan fingerprint density at radius 1 is 1.32 bits per heavy atom. The van der Waals surface area contributed by atoms with Crippen molar-refractivity contribution in [2.75, 3.05) is 19.6 Å². The van der Waals surface area contributed by atoms with Crippen LogP contribution in [0.5, 0.6) is 0 Å². The molecule has 2 N–H and O–H groups in total. The first kappa shape index (κ1) is 15.8. The lowest BCUT2D eigenvalue weighted by Gasteiger charge is -2.32. The minimum atomic E-state index is -0.743. The van der Waals surface area contributed by atoms with Crippen LogP contribution < -0.4 is 5.32 Å². The zero-order valence-electron chi connectivity index (χ0n) is 12.2. The number of nitrogens with zero attached hydrogens (tertiary/aromatic N) is 1. The van der Waals surface area contributed by atoms with Crippen molar-refractivity contribution in [3.63, 3.8) is 0 Å². The highest BCUT2D eigenvalue weighted by atomic mass is 16.4. The van der Waals surface area contributed by atoms with Crippen molar-refractivity contribution < 1.29 is 14.7 Å². The van der Waals surface area contributed by atoms with Gasteiger partial charge in [0.15, 0.2) is 0 Å². The Morgan fingerprint density at radius 2 is 1.89 bits per heavy atom. The normalized spacial score (nSPS) is 17.3. The molecule has 1 aliphatic rings. The van der Waals surface area contributed by atoms with Crippen LogP contribution in [0.3, 0.4) is 0 Å². The summed E-state index contributed by atoms with van der Waals surface area (Å²) in [4.78, 5) is 24.4. The summed E-state index contributed by atoms with van der Waals surface area (Å²) < 4.78 is 0. The van der Waals surface area contributed by atoms with Gasteiger partial charge in [0.1, 0.15) is 0 Å². The third kappa shape index (κ3) is 5.49. The highest BCUT2D eigenvalue weighted by molar-refractivity contribution is 5.74. The lowest BCUT2D eigenvalue weighted by molar-refractivity contribution is -0.138. The van der Waals surface area contributed by atoms with Gasteiger partial charge in [0.25, 0.3) is 0 Å². The summed E-state index contributed by atoms with van der Waals surface area (Å²) in [6.45, 7) is 8.38. The van der Waals surface area contributed by atoms with Crippen molar-refractivity contribution in [2.45, 2.75) is 46.5 Å². The summed E-state index contributed by atoms with van der Waals surface area (Å²) in [5.41, 5.74) is 0.122. The lowest BCUT2D eigenvalue weighted by Crippen LogP contribution is -2.46. The van der Waals surface area contributed by atoms with E-state index in [2.05, 4.69) is 26.1 Å². The summed E-state index contributed by atoms with van der Waals surface area (Å²) >= 11 is 0. The van der Waals surface area contributed by atoms with Crippen molar-refractivity contribution in [3.05, 3.63) is 0 Å². The molecule has 1 saturated heterocycles. The zero-order chi connectivity index (χ0) is 14.5. The van der Waals surface area contributed by atoms with E-state index in [1.54, 1.807) is 4.90 Å². The van der Waals surface area contributed by atoms with Crippen LogP contribution in [0.15, 0.2) is 0 Å². The SMILES string of the molecule is CCC(C)(C)CNC(=O)N1CCC(CC(=O)O)CC1. The smallest absolute Gasteiger partial charge is 0.317 e. The van der Waals surface area contributed by atoms with Crippen molar-refractivity contribution >= 4 is 12.0 Å². The zero-order valence-corrected chi connectivity index (χ0v) is 12.2. The van der Waals surface area contributed by atoms with Crippen LogP contribution in [0.4, 0.5) is 4.79 Å². The first-order chi connectivity index (χ1) is 8.84. The molecule has 1 fully saturated rings. The maximum atomic E-state index is 12.0. The Bertz CT molecular complexity index is 321. The van der Waals surface area contributed by atoms with Gasteiger partial charge in [0.05, 0.1) is 0 Å². The fraction of sp³-hybridized carbons (Fsp3) is 0.857. The van der Waals surface area contributed by atoms with E-state index in [0.29, 0.717) is 19.6 Å². The number of hydrogen-bond donors (Lipinski definition) is 2. The second-order valence-electron chi connectivity index (χ2n) is 6.20. The summed E-state index contributed by atoms with van der Waals surface area (Å²) in [6, 6.07) is -0.0182. The van der Waals surface area contributed by atoms with Crippen LogP contribution in [-0.4, -0.2) is 41.6 Å². The number of piperidine rings is 1. The maximum Gasteiger partial charge on any atom is 0.317 e. The van der Waals surface area contributed by atoms with Crippen LogP contribution in [0.1, 0.15) is 46.5 Å². The topological polar surface area (TPSA) is 69.6 Å². The molecule has 0 aromatic carbocycles. The van der Waals surface area contributed by atoms with Gasteiger partial charge in [-0.1, -0.05) is 20.8 Å². The highest BCUT2D eigenvalue weighted by Gasteiger charge is 2.25. The van der Waals surface area contributed by atoms with Gasteiger partial charge >= 0.3 is 12.0 Å². The van der Waals surface area contributed by atoms with Gasteiger partial charge in [-0.05, 0) is 30.6 Å². The number of amides is 2. The molecule has 0 aromatic heterocycles. The van der Waals surface area contributed by atoms with Gasteiger partial charge in [-0.25, -0.2) is 4.79 Å². The van der Waals surface area contributed by atoms with Gasteiger partial charge in [0, 0.05) is 26.1 Å². The molecule has 1 rings (SSSR count). The molecule has 0 saturated carbocycles. The maximum absolute atomic E-state index is 12.0. The number of carbonyl (C=O) groups is 2. The Kier molecular flexibility index (Phi) is 5.63. The molecule has 2 amide bonds. The molecule has 0 radical (unpaired) electrons. The molecule has 1 heterocycles. The Morgan fingerprint density at radius 3 is 2.37 bits per heavy atom. The van der Waals surface area contributed by atoms with Crippen molar-refractivity contribution in [1.29, 1.82) is 0 Å². The summed E-state index contributed by atoms with van der Waals surface area (Å²) in [5.74, 6) is -0.527. The second kappa shape index (κ2) is 6.78. The molecule has 1 aliphatic heterocycles. The standard InChI is InChI=1S/C14H26N2O3/c1-4-14(2,3)10-15-13(19)16-7-5-11(6-8-16)9-12(17)18/h11H,4-10H2,1-3H3,(H,15,19)(H,17,18). The van der Waals surface area contributed by atoms with E-state index < -0.39 is 5.97 Å². The largest absolute Gasteiger partial charge is 0.481 e. The molecule has 110 valence electrons. The van der Waals surface area contributed by atoms with E-state index in [9.17, 15) is 9.59 Å². The number of carbonyl (C=O) groups excluding carboxylic acids is 1. The van der Waals surface area contributed by atoms with Crippen molar-refractivity contribution in [1.82, 2.24) is 10.2 Å². The first-order valence-corrected chi connectivity index (χ1v) is 7.08. The third-order valence-electron chi connectivity index (χ3n) is 4.04. The molecule has 5 heteroatoms. The number of hydrogen-bond acceptors (Lipinski definition) is 2. The Labute approximate surface area is 115 Å². The van der Waals surface area contributed by atoms with E-state index in [0.717, 1.165) is 19.3 Å². The van der Waals surface area contributed by atoms with Gasteiger partial charge in [-0.15, -0.1) is 0 Å². The number of likely N-dealkylation sites (tertiary alicyclic amines) is 1. The number of carboxylic acids is 1. The monoisotopic (exact) mass is 270 g/mol. The van der Waals surface area contributed by atoms with Gasteiger partial charge in [-0.2, -0.15) is 0 Å². The minimum Gasteiger partial charge on any atom is -0.481 e. The molecule has 0 atom stereocenters. The van der Waals surface area contributed by atoms with E-state index in [1.165, 1.54) is 0 Å². The predicted octanol–water partition coefficient (Wildman–Crippen LogP) is 2.32. The summed E-state index contributed by atoms with van der Waals surface area (Å²) in [7, 11) is 0. The van der Waals surface area contributed by atoms with Crippen molar-refractivity contribution in [3.8, 4) is 0 Å². The van der Waals surface area contributed by atoms with Crippen LogP contribution in [0.25, 0.3) is 0 Å². The van der Waals surface area contributed by atoms with Crippen LogP contribution >= 0.6 is 0 Å². The number of carboxylic acid groups (broad SMARTS) is 1. The van der Waals surface area contributed by atoms with Crippen molar-refractivity contribution in [2.24, 2.45) is 11.3 Å². The van der Waals surface area contributed by atoms with Gasteiger partial charge in [-0.3, -0.25) is 4.79 Å². The van der Waals surface area contributed by atoms with E-state index in [-0.39, 0.29) is 23.8 Å². The Balaban J connectivity index is 2.31. The minimum absolute atomic E-state index is 0.0182. The van der Waals surface area contributed by atoms with Gasteiger partial charge < -0.3 is 15.3 Å². The first-order valence-electron chi connectivity index (χ1n) is 7.08. The van der Waals surface area contributed by atoms with E-state index in [1.807, 2.05) is 0 Å². The fourth-order valence-corrected chi connectivity index (χ4v) is 2.14. The summed E-state index contributed by atoms with van der Waals surface area (Å²) in [6.07, 6.45) is 2.82. The number of urea groups is 1. The average Bonchev–Trinajstić information content (AvgIpc) is 2.36. The average molecular weight is 270 g/mol.